The second kappa shape index (κ2) is 6.77. The van der Waals surface area contributed by atoms with Gasteiger partial charge in [0.15, 0.2) is 0 Å². The standard InChI is InChI=1S/C24H30O4/c1-15-5-9-20-23(2,3)21(25)11-12-24(20,4)18(15)14-27-17-8-6-16-7-10-22(26)28-19(16)13-17/h6-8,10,13,18,20-21,25H,1,5,9,11-12,14H2,2-4H3/t18-,20-,21+,24-/m1/s1. The molecule has 0 unspecified atom stereocenters. The number of aliphatic hydroxyl groups is 1. The molecule has 0 saturated heterocycles. The van der Waals surface area contributed by atoms with Crippen molar-refractivity contribution in [3.05, 3.63) is 52.9 Å². The number of benzene rings is 1. The summed E-state index contributed by atoms with van der Waals surface area (Å²) >= 11 is 0. The van der Waals surface area contributed by atoms with Crippen LogP contribution in [-0.2, 0) is 0 Å². The maximum atomic E-state index is 11.5. The number of hydrogen-bond donors (Lipinski definition) is 1. The van der Waals surface area contributed by atoms with E-state index in [0.29, 0.717) is 23.9 Å². The van der Waals surface area contributed by atoms with Gasteiger partial charge in [-0.2, -0.15) is 0 Å². The minimum absolute atomic E-state index is 0.0709. The molecule has 4 heteroatoms. The van der Waals surface area contributed by atoms with E-state index in [1.807, 2.05) is 12.1 Å². The molecule has 1 heterocycles. The first-order chi connectivity index (χ1) is 13.2. The molecule has 4 nitrogen and oxygen atoms in total. The van der Waals surface area contributed by atoms with Gasteiger partial charge in [-0.05, 0) is 60.6 Å². The van der Waals surface area contributed by atoms with E-state index in [0.717, 1.165) is 31.1 Å². The second-order valence-corrected chi connectivity index (χ2v) is 9.45. The van der Waals surface area contributed by atoms with Crippen molar-refractivity contribution in [3.8, 4) is 5.75 Å². The molecule has 1 aromatic carbocycles. The lowest BCUT2D eigenvalue weighted by Gasteiger charge is -2.59. The van der Waals surface area contributed by atoms with Gasteiger partial charge in [0.1, 0.15) is 11.3 Å². The fraction of sp³-hybridized carbons (Fsp3) is 0.542. The highest BCUT2D eigenvalue weighted by molar-refractivity contribution is 5.77. The van der Waals surface area contributed by atoms with Gasteiger partial charge in [0.05, 0.1) is 12.7 Å². The van der Waals surface area contributed by atoms with E-state index in [9.17, 15) is 9.90 Å². The molecule has 0 bridgehead atoms. The first kappa shape index (κ1) is 19.3. The highest BCUT2D eigenvalue weighted by atomic mass is 16.5. The smallest absolute Gasteiger partial charge is 0.336 e. The quantitative estimate of drug-likeness (QED) is 0.603. The Balaban J connectivity index is 1.58. The van der Waals surface area contributed by atoms with E-state index >= 15 is 0 Å². The summed E-state index contributed by atoms with van der Waals surface area (Å²) in [5.41, 5.74) is 1.40. The zero-order valence-corrected chi connectivity index (χ0v) is 17.0. The molecule has 0 aliphatic heterocycles. The highest BCUT2D eigenvalue weighted by Gasteiger charge is 2.56. The van der Waals surface area contributed by atoms with Crippen LogP contribution in [0.25, 0.3) is 11.0 Å². The van der Waals surface area contributed by atoms with E-state index in [1.165, 1.54) is 11.6 Å². The van der Waals surface area contributed by atoms with E-state index < -0.39 is 0 Å². The van der Waals surface area contributed by atoms with Crippen molar-refractivity contribution < 1.29 is 14.3 Å². The third-order valence-corrected chi connectivity index (χ3v) is 7.56. The third kappa shape index (κ3) is 3.08. The monoisotopic (exact) mass is 382 g/mol. The van der Waals surface area contributed by atoms with Crippen molar-refractivity contribution in [3.63, 3.8) is 0 Å². The molecule has 1 N–H and O–H groups in total. The van der Waals surface area contributed by atoms with Crippen molar-refractivity contribution in [2.45, 2.75) is 52.6 Å². The molecule has 1 aromatic heterocycles. The van der Waals surface area contributed by atoms with Crippen LogP contribution in [0.1, 0.15) is 46.5 Å². The predicted octanol–water partition coefficient (Wildman–Crippen LogP) is 4.94. The molecule has 4 atom stereocenters. The first-order valence-electron chi connectivity index (χ1n) is 10.2. The highest BCUT2D eigenvalue weighted by Crippen LogP contribution is 2.60. The summed E-state index contributed by atoms with van der Waals surface area (Å²) in [6.07, 6.45) is 3.63. The van der Waals surface area contributed by atoms with Gasteiger partial charge in [0.25, 0.3) is 0 Å². The van der Waals surface area contributed by atoms with E-state index in [-0.39, 0.29) is 28.5 Å². The van der Waals surface area contributed by atoms with Gasteiger partial charge in [0.2, 0.25) is 0 Å². The van der Waals surface area contributed by atoms with Crippen molar-refractivity contribution in [1.29, 1.82) is 0 Å². The Morgan fingerprint density at radius 1 is 1.21 bits per heavy atom. The average molecular weight is 383 g/mol. The zero-order valence-electron chi connectivity index (χ0n) is 17.0. The normalized spacial score (nSPS) is 32.1. The van der Waals surface area contributed by atoms with Crippen LogP contribution in [0.4, 0.5) is 0 Å². The molecule has 2 fully saturated rings. The van der Waals surface area contributed by atoms with Crippen molar-refractivity contribution in [2.75, 3.05) is 6.61 Å². The Morgan fingerprint density at radius 2 is 1.96 bits per heavy atom. The van der Waals surface area contributed by atoms with Gasteiger partial charge in [-0.25, -0.2) is 4.79 Å². The minimum atomic E-state index is -0.358. The van der Waals surface area contributed by atoms with Crippen LogP contribution in [0.15, 0.2) is 51.7 Å². The van der Waals surface area contributed by atoms with Crippen molar-refractivity contribution in [1.82, 2.24) is 0 Å². The molecular formula is C24H30O4. The summed E-state index contributed by atoms with van der Waals surface area (Å²) < 4.78 is 11.5. The van der Waals surface area contributed by atoms with Gasteiger partial charge in [-0.3, -0.25) is 0 Å². The number of rotatable bonds is 3. The fourth-order valence-electron chi connectivity index (χ4n) is 5.78. The van der Waals surface area contributed by atoms with Crippen LogP contribution in [0.2, 0.25) is 0 Å². The Hall–Kier alpha value is -2.07. The molecule has 2 aromatic rings. The molecule has 0 spiro atoms. The van der Waals surface area contributed by atoms with E-state index in [1.54, 1.807) is 12.1 Å². The van der Waals surface area contributed by atoms with Crippen LogP contribution >= 0.6 is 0 Å². The van der Waals surface area contributed by atoms with Crippen molar-refractivity contribution in [2.24, 2.45) is 22.7 Å². The molecule has 28 heavy (non-hydrogen) atoms. The Kier molecular flexibility index (Phi) is 4.65. The summed E-state index contributed by atoms with van der Waals surface area (Å²) in [6, 6.07) is 8.80. The van der Waals surface area contributed by atoms with Crippen LogP contribution < -0.4 is 10.4 Å². The van der Waals surface area contributed by atoms with Crippen LogP contribution in [0.5, 0.6) is 5.75 Å². The van der Waals surface area contributed by atoms with Gasteiger partial charge < -0.3 is 14.3 Å². The molecule has 2 aliphatic rings. The Morgan fingerprint density at radius 3 is 2.75 bits per heavy atom. The Labute approximate surface area is 166 Å². The molecule has 0 radical (unpaired) electrons. The lowest BCUT2D eigenvalue weighted by Crippen LogP contribution is -2.55. The molecule has 4 rings (SSSR count). The van der Waals surface area contributed by atoms with Crippen LogP contribution in [-0.4, -0.2) is 17.8 Å². The Bertz CT molecular complexity index is 956. The number of hydrogen-bond acceptors (Lipinski definition) is 4. The van der Waals surface area contributed by atoms with Crippen LogP contribution in [0, 0.1) is 22.7 Å². The van der Waals surface area contributed by atoms with Crippen molar-refractivity contribution >= 4 is 11.0 Å². The summed E-state index contributed by atoms with van der Waals surface area (Å²) in [7, 11) is 0. The topological polar surface area (TPSA) is 59.7 Å². The number of aliphatic hydroxyl groups excluding tert-OH is 1. The maximum absolute atomic E-state index is 11.5. The van der Waals surface area contributed by atoms with Crippen LogP contribution in [0.3, 0.4) is 0 Å². The first-order valence-corrected chi connectivity index (χ1v) is 10.2. The average Bonchev–Trinajstić information content (AvgIpc) is 2.64. The molecule has 2 saturated carbocycles. The van der Waals surface area contributed by atoms with Gasteiger partial charge in [-0.1, -0.05) is 32.9 Å². The summed E-state index contributed by atoms with van der Waals surface area (Å²) in [4.78, 5) is 11.5. The summed E-state index contributed by atoms with van der Waals surface area (Å²) in [6.45, 7) is 11.7. The predicted molar refractivity (Wildman–Crippen MR) is 110 cm³/mol. The van der Waals surface area contributed by atoms with Gasteiger partial charge >= 0.3 is 5.63 Å². The third-order valence-electron chi connectivity index (χ3n) is 7.56. The number of ether oxygens (including phenoxy) is 1. The zero-order chi connectivity index (χ0) is 20.1. The van der Waals surface area contributed by atoms with Gasteiger partial charge in [0, 0.05) is 23.4 Å². The second-order valence-electron chi connectivity index (χ2n) is 9.45. The summed E-state index contributed by atoms with van der Waals surface area (Å²) in [5.74, 6) is 1.39. The fourth-order valence-corrected chi connectivity index (χ4v) is 5.78. The van der Waals surface area contributed by atoms with E-state index in [2.05, 4.69) is 27.4 Å². The molecule has 0 amide bonds. The molecule has 150 valence electrons. The maximum Gasteiger partial charge on any atom is 0.336 e. The summed E-state index contributed by atoms with van der Waals surface area (Å²) in [5, 5.41) is 11.5. The lowest BCUT2D eigenvalue weighted by atomic mass is 9.47. The van der Waals surface area contributed by atoms with Gasteiger partial charge in [-0.15, -0.1) is 0 Å². The molecular weight excluding hydrogens is 352 g/mol. The number of fused-ring (bicyclic) bond motifs is 2. The lowest BCUT2D eigenvalue weighted by molar-refractivity contribution is -0.128. The minimum Gasteiger partial charge on any atom is -0.493 e. The van der Waals surface area contributed by atoms with E-state index in [4.69, 9.17) is 9.15 Å². The SMILES string of the molecule is C=C1CC[C@@H]2C(C)(C)[C@@H](O)CC[C@]2(C)[C@@H]1COc1ccc2ccc(=O)oc2c1. The molecule has 2 aliphatic carbocycles. The largest absolute Gasteiger partial charge is 0.493 e.